The van der Waals surface area contributed by atoms with E-state index in [9.17, 15) is 5.11 Å². The van der Waals surface area contributed by atoms with E-state index in [1.807, 2.05) is 24.3 Å². The van der Waals surface area contributed by atoms with Crippen LogP contribution in [0.2, 0.25) is 0 Å². The van der Waals surface area contributed by atoms with E-state index in [0.717, 1.165) is 37.2 Å². The van der Waals surface area contributed by atoms with Gasteiger partial charge < -0.3 is 9.84 Å². The second-order valence-corrected chi connectivity index (χ2v) is 4.69. The topological polar surface area (TPSA) is 29.5 Å². The normalized spacial score (nSPS) is 14.4. The molecule has 17 heavy (non-hydrogen) atoms. The van der Waals surface area contributed by atoms with E-state index in [-0.39, 0.29) is 6.10 Å². The molecular formula is C15H24O2. The largest absolute Gasteiger partial charge is 0.494 e. The van der Waals surface area contributed by atoms with Crippen molar-refractivity contribution < 1.29 is 9.84 Å². The van der Waals surface area contributed by atoms with Gasteiger partial charge in [-0.3, -0.25) is 0 Å². The Labute approximate surface area is 105 Å². The molecule has 0 aliphatic carbocycles. The van der Waals surface area contributed by atoms with E-state index in [2.05, 4.69) is 20.8 Å². The highest BCUT2D eigenvalue weighted by Gasteiger charge is 2.11. The Morgan fingerprint density at radius 3 is 2.71 bits per heavy atom. The van der Waals surface area contributed by atoms with E-state index < -0.39 is 0 Å². The predicted molar refractivity (Wildman–Crippen MR) is 71.3 cm³/mol. The van der Waals surface area contributed by atoms with Gasteiger partial charge in [0.1, 0.15) is 5.75 Å². The predicted octanol–water partition coefficient (Wildman–Crippen LogP) is 3.95. The average Bonchev–Trinajstić information content (AvgIpc) is 2.36. The Morgan fingerprint density at radius 2 is 2.06 bits per heavy atom. The zero-order chi connectivity index (χ0) is 12.7. The number of hydrogen-bond donors (Lipinski definition) is 1. The monoisotopic (exact) mass is 236 g/mol. The first-order valence-electron chi connectivity index (χ1n) is 6.58. The third-order valence-electron chi connectivity index (χ3n) is 3.04. The number of aliphatic hydroxyl groups excluding tert-OH is 1. The van der Waals surface area contributed by atoms with Crippen molar-refractivity contribution in [1.29, 1.82) is 0 Å². The Morgan fingerprint density at radius 1 is 1.29 bits per heavy atom. The van der Waals surface area contributed by atoms with Crippen molar-refractivity contribution in [3.8, 4) is 5.75 Å². The van der Waals surface area contributed by atoms with Gasteiger partial charge >= 0.3 is 0 Å². The fourth-order valence-corrected chi connectivity index (χ4v) is 1.72. The minimum atomic E-state index is -0.380. The molecule has 0 heterocycles. The first kappa shape index (κ1) is 14.0. The molecule has 0 saturated heterocycles. The lowest BCUT2D eigenvalue weighted by molar-refractivity contribution is 0.146. The molecule has 0 amide bonds. The number of rotatable bonds is 7. The highest BCUT2D eigenvalue weighted by molar-refractivity contribution is 5.29. The third-order valence-corrected chi connectivity index (χ3v) is 3.04. The van der Waals surface area contributed by atoms with Gasteiger partial charge in [-0.25, -0.2) is 0 Å². The van der Waals surface area contributed by atoms with Crippen molar-refractivity contribution in [2.75, 3.05) is 6.61 Å². The van der Waals surface area contributed by atoms with Crippen LogP contribution in [0.4, 0.5) is 0 Å². The molecule has 2 atom stereocenters. The Bertz CT molecular complexity index is 322. The van der Waals surface area contributed by atoms with Gasteiger partial charge in [-0.05, 0) is 36.5 Å². The molecular weight excluding hydrogens is 212 g/mol. The van der Waals surface area contributed by atoms with Gasteiger partial charge in [0, 0.05) is 0 Å². The van der Waals surface area contributed by atoms with Crippen molar-refractivity contribution in [2.24, 2.45) is 5.92 Å². The molecule has 2 unspecified atom stereocenters. The second-order valence-electron chi connectivity index (χ2n) is 4.69. The fourth-order valence-electron chi connectivity index (χ4n) is 1.72. The van der Waals surface area contributed by atoms with E-state index >= 15 is 0 Å². The SMILES string of the molecule is CCCOc1cccc(C(O)CC(C)CC)c1. The van der Waals surface area contributed by atoms with Gasteiger partial charge in [0.05, 0.1) is 12.7 Å². The Kier molecular flexibility index (Phi) is 6.06. The molecule has 2 heteroatoms. The summed E-state index contributed by atoms with van der Waals surface area (Å²) in [5, 5.41) is 10.1. The van der Waals surface area contributed by atoms with Gasteiger partial charge in [0.2, 0.25) is 0 Å². The molecule has 0 bridgehead atoms. The van der Waals surface area contributed by atoms with Crippen molar-refractivity contribution in [3.63, 3.8) is 0 Å². The zero-order valence-electron chi connectivity index (χ0n) is 11.1. The molecule has 1 aromatic rings. The summed E-state index contributed by atoms with van der Waals surface area (Å²) in [6.45, 7) is 7.13. The number of ether oxygens (including phenoxy) is 1. The molecule has 0 fully saturated rings. The minimum Gasteiger partial charge on any atom is -0.494 e. The number of aliphatic hydroxyl groups is 1. The summed E-state index contributed by atoms with van der Waals surface area (Å²) < 4.78 is 5.57. The Hall–Kier alpha value is -1.02. The first-order chi connectivity index (χ1) is 8.17. The van der Waals surface area contributed by atoms with Crippen LogP contribution >= 0.6 is 0 Å². The molecule has 0 saturated carbocycles. The van der Waals surface area contributed by atoms with Crippen molar-refractivity contribution >= 4 is 0 Å². The van der Waals surface area contributed by atoms with Crippen LogP contribution < -0.4 is 4.74 Å². The molecule has 0 aliphatic rings. The number of benzene rings is 1. The van der Waals surface area contributed by atoms with Gasteiger partial charge in [0.15, 0.2) is 0 Å². The quantitative estimate of drug-likeness (QED) is 0.777. The summed E-state index contributed by atoms with van der Waals surface area (Å²) in [6, 6.07) is 7.80. The molecule has 2 nitrogen and oxygen atoms in total. The standard InChI is InChI=1S/C15H24O2/c1-4-9-17-14-8-6-7-13(11-14)15(16)10-12(3)5-2/h6-8,11-12,15-16H,4-5,9-10H2,1-3H3. The lowest BCUT2D eigenvalue weighted by atomic mass is 9.96. The van der Waals surface area contributed by atoms with Gasteiger partial charge in [0.25, 0.3) is 0 Å². The van der Waals surface area contributed by atoms with Crippen LogP contribution in [0, 0.1) is 5.92 Å². The number of hydrogen-bond acceptors (Lipinski definition) is 2. The summed E-state index contributed by atoms with van der Waals surface area (Å²) >= 11 is 0. The summed E-state index contributed by atoms with van der Waals surface area (Å²) in [5.74, 6) is 1.40. The average molecular weight is 236 g/mol. The maximum Gasteiger partial charge on any atom is 0.119 e. The van der Waals surface area contributed by atoms with Crippen LogP contribution in [0.1, 0.15) is 51.7 Å². The van der Waals surface area contributed by atoms with Crippen LogP contribution in [0.3, 0.4) is 0 Å². The van der Waals surface area contributed by atoms with E-state index in [0.29, 0.717) is 5.92 Å². The molecule has 1 rings (SSSR count). The van der Waals surface area contributed by atoms with Crippen LogP contribution in [-0.2, 0) is 0 Å². The summed E-state index contributed by atoms with van der Waals surface area (Å²) in [4.78, 5) is 0. The molecule has 1 N–H and O–H groups in total. The molecule has 0 spiro atoms. The molecule has 0 radical (unpaired) electrons. The molecule has 1 aromatic carbocycles. The van der Waals surface area contributed by atoms with Crippen LogP contribution in [0.15, 0.2) is 24.3 Å². The maximum absolute atomic E-state index is 10.1. The Balaban J connectivity index is 2.63. The van der Waals surface area contributed by atoms with Crippen molar-refractivity contribution in [1.82, 2.24) is 0 Å². The minimum absolute atomic E-state index is 0.380. The van der Waals surface area contributed by atoms with Gasteiger partial charge in [-0.15, -0.1) is 0 Å². The second kappa shape index (κ2) is 7.33. The molecule has 0 aromatic heterocycles. The lowest BCUT2D eigenvalue weighted by Crippen LogP contribution is -2.04. The third kappa shape index (κ3) is 4.78. The van der Waals surface area contributed by atoms with E-state index in [1.54, 1.807) is 0 Å². The summed E-state index contributed by atoms with van der Waals surface area (Å²) in [7, 11) is 0. The van der Waals surface area contributed by atoms with Gasteiger partial charge in [-0.1, -0.05) is 39.3 Å². The molecule has 96 valence electrons. The van der Waals surface area contributed by atoms with Crippen LogP contribution in [0.5, 0.6) is 5.75 Å². The maximum atomic E-state index is 10.1. The van der Waals surface area contributed by atoms with Gasteiger partial charge in [-0.2, -0.15) is 0 Å². The smallest absolute Gasteiger partial charge is 0.119 e. The van der Waals surface area contributed by atoms with Crippen molar-refractivity contribution in [2.45, 2.75) is 46.1 Å². The van der Waals surface area contributed by atoms with Crippen molar-refractivity contribution in [3.05, 3.63) is 29.8 Å². The summed E-state index contributed by atoms with van der Waals surface area (Å²) in [5.41, 5.74) is 0.957. The highest BCUT2D eigenvalue weighted by Crippen LogP contribution is 2.25. The lowest BCUT2D eigenvalue weighted by Gasteiger charge is -2.16. The highest BCUT2D eigenvalue weighted by atomic mass is 16.5. The fraction of sp³-hybridized carbons (Fsp3) is 0.600. The zero-order valence-corrected chi connectivity index (χ0v) is 11.1. The van der Waals surface area contributed by atoms with Crippen LogP contribution in [-0.4, -0.2) is 11.7 Å². The van der Waals surface area contributed by atoms with Crippen LogP contribution in [0.25, 0.3) is 0 Å². The summed E-state index contributed by atoms with van der Waals surface area (Å²) in [6.07, 6.45) is 2.53. The first-order valence-corrected chi connectivity index (χ1v) is 6.58. The molecule has 0 aliphatic heterocycles. The van der Waals surface area contributed by atoms with E-state index in [1.165, 1.54) is 0 Å². The van der Waals surface area contributed by atoms with E-state index in [4.69, 9.17) is 4.74 Å².